The number of carbonyl (C=O) groups excluding carboxylic acids is 2. The molecule has 1 unspecified atom stereocenters. The van der Waals surface area contributed by atoms with Gasteiger partial charge in [0.15, 0.2) is 0 Å². The monoisotopic (exact) mass is 416 g/mol. The fourth-order valence-electron chi connectivity index (χ4n) is 4.33. The fraction of sp³-hybridized carbons (Fsp3) is 0.364. The van der Waals surface area contributed by atoms with E-state index in [1.165, 1.54) is 0 Å². The van der Waals surface area contributed by atoms with Gasteiger partial charge in [-0.2, -0.15) is 0 Å². The van der Waals surface area contributed by atoms with Crippen molar-refractivity contribution in [2.45, 2.75) is 44.3 Å². The minimum absolute atomic E-state index is 0.0564. The highest BCUT2D eigenvalue weighted by atomic mass is 35.5. The van der Waals surface area contributed by atoms with Crippen molar-refractivity contribution >= 4 is 35.0 Å². The van der Waals surface area contributed by atoms with Crippen LogP contribution >= 0.6 is 23.2 Å². The number of benzene rings is 2. The average Bonchev–Trinajstić information content (AvgIpc) is 2.72. The number of hydrogen-bond acceptors (Lipinski definition) is 2. The second kappa shape index (κ2) is 8.14. The van der Waals surface area contributed by atoms with E-state index in [1.807, 2.05) is 30.3 Å². The van der Waals surface area contributed by atoms with E-state index >= 15 is 0 Å². The van der Waals surface area contributed by atoms with Gasteiger partial charge < -0.3 is 10.2 Å². The predicted molar refractivity (Wildman–Crippen MR) is 110 cm³/mol. The molecule has 1 aliphatic carbocycles. The van der Waals surface area contributed by atoms with Crippen molar-refractivity contribution in [2.24, 2.45) is 5.92 Å². The molecule has 2 aromatic rings. The summed E-state index contributed by atoms with van der Waals surface area (Å²) in [6, 6.07) is 14.3. The molecule has 2 aromatic carbocycles. The molecular weight excluding hydrogens is 395 g/mol. The predicted octanol–water partition coefficient (Wildman–Crippen LogP) is 4.75. The molecule has 0 radical (unpaired) electrons. The molecule has 0 bridgehead atoms. The average molecular weight is 417 g/mol. The lowest BCUT2D eigenvalue weighted by molar-refractivity contribution is -0.168. The van der Waals surface area contributed by atoms with Crippen LogP contribution in [-0.2, 0) is 16.1 Å². The van der Waals surface area contributed by atoms with Gasteiger partial charge in [0, 0.05) is 12.6 Å². The first-order valence-corrected chi connectivity index (χ1v) is 10.4. The molecule has 28 heavy (non-hydrogen) atoms. The standard InChI is InChI=1S/C22H22Cl2N2O2/c23-17-11-10-15(12-18(17)24)20(21(27)25-13-14-6-2-1-3-7-14)26-19-9-5-4-8-16(19)22(26)28/h1-3,6-7,10-12,16,19-20H,4-5,8-9,13H2,(H,25,27)/t16-,19+,20?/m1/s1. The number of nitrogens with zero attached hydrogens (tertiary/aromatic N) is 1. The van der Waals surface area contributed by atoms with Crippen molar-refractivity contribution in [3.8, 4) is 0 Å². The van der Waals surface area contributed by atoms with Crippen molar-refractivity contribution in [1.82, 2.24) is 10.2 Å². The molecule has 1 aliphatic heterocycles. The molecule has 0 aromatic heterocycles. The number of likely N-dealkylation sites (tertiary alicyclic amines) is 1. The van der Waals surface area contributed by atoms with Crippen molar-refractivity contribution in [3.63, 3.8) is 0 Å². The zero-order valence-electron chi connectivity index (χ0n) is 15.4. The number of carbonyl (C=O) groups is 2. The third-order valence-corrected chi connectivity index (χ3v) is 6.49. The quantitative estimate of drug-likeness (QED) is 0.714. The molecule has 0 spiro atoms. The number of β-lactam (4-membered cyclic amide) rings is 1. The lowest BCUT2D eigenvalue weighted by Crippen LogP contribution is -2.64. The van der Waals surface area contributed by atoms with Gasteiger partial charge in [-0.15, -0.1) is 0 Å². The Morgan fingerprint density at radius 3 is 2.57 bits per heavy atom. The molecule has 2 fully saturated rings. The van der Waals surface area contributed by atoms with E-state index in [0.717, 1.165) is 31.2 Å². The Hall–Kier alpha value is -2.04. The first kappa shape index (κ1) is 19.3. The molecule has 6 heteroatoms. The smallest absolute Gasteiger partial charge is 0.247 e. The number of hydrogen-bond donors (Lipinski definition) is 1. The first-order chi connectivity index (χ1) is 13.6. The Morgan fingerprint density at radius 2 is 1.82 bits per heavy atom. The number of nitrogens with one attached hydrogen (secondary N) is 1. The maximum atomic E-state index is 13.2. The van der Waals surface area contributed by atoms with E-state index in [9.17, 15) is 9.59 Å². The Balaban J connectivity index is 1.60. The summed E-state index contributed by atoms with van der Waals surface area (Å²) in [5.41, 5.74) is 1.70. The molecule has 4 nitrogen and oxygen atoms in total. The Morgan fingerprint density at radius 1 is 1.07 bits per heavy atom. The minimum atomic E-state index is -0.690. The van der Waals surface area contributed by atoms with Crippen LogP contribution in [0.3, 0.4) is 0 Å². The summed E-state index contributed by atoms with van der Waals surface area (Å²) in [6.07, 6.45) is 4.03. The van der Waals surface area contributed by atoms with Gasteiger partial charge in [-0.3, -0.25) is 9.59 Å². The van der Waals surface area contributed by atoms with E-state index in [0.29, 0.717) is 22.2 Å². The van der Waals surface area contributed by atoms with Gasteiger partial charge in [0.2, 0.25) is 11.8 Å². The molecule has 3 atom stereocenters. The summed E-state index contributed by atoms with van der Waals surface area (Å²) in [6.45, 7) is 0.410. The van der Waals surface area contributed by atoms with Crippen molar-refractivity contribution in [3.05, 3.63) is 69.7 Å². The van der Waals surface area contributed by atoms with E-state index in [4.69, 9.17) is 23.2 Å². The van der Waals surface area contributed by atoms with Crippen LogP contribution in [0.1, 0.15) is 42.9 Å². The number of halogens is 2. The maximum Gasteiger partial charge on any atom is 0.247 e. The molecule has 1 N–H and O–H groups in total. The van der Waals surface area contributed by atoms with Crippen molar-refractivity contribution in [2.75, 3.05) is 0 Å². The first-order valence-electron chi connectivity index (χ1n) is 9.65. The van der Waals surface area contributed by atoms with Crippen molar-refractivity contribution in [1.29, 1.82) is 0 Å². The molecule has 2 amide bonds. The lowest BCUT2D eigenvalue weighted by atomic mass is 9.74. The molecule has 2 aliphatic rings. The number of rotatable bonds is 5. The molecular formula is C22H22Cl2N2O2. The lowest BCUT2D eigenvalue weighted by Gasteiger charge is -2.52. The largest absolute Gasteiger partial charge is 0.350 e. The van der Waals surface area contributed by atoms with Crippen LogP contribution in [0, 0.1) is 5.92 Å². The highest BCUT2D eigenvalue weighted by Gasteiger charge is 2.52. The SMILES string of the molecule is O=C(NCc1ccccc1)C(c1ccc(Cl)c(Cl)c1)N1C(=O)[C@@H]2CCCC[C@@H]21. The van der Waals surface area contributed by atoms with Gasteiger partial charge >= 0.3 is 0 Å². The molecule has 1 saturated carbocycles. The van der Waals surface area contributed by atoms with Crippen LogP contribution in [-0.4, -0.2) is 22.8 Å². The molecule has 1 saturated heterocycles. The summed E-state index contributed by atoms with van der Waals surface area (Å²) >= 11 is 12.3. The highest BCUT2D eigenvalue weighted by Crippen LogP contribution is 2.44. The van der Waals surface area contributed by atoms with Crippen LogP contribution in [0.5, 0.6) is 0 Å². The van der Waals surface area contributed by atoms with Crippen LogP contribution in [0.4, 0.5) is 0 Å². The summed E-state index contributed by atoms with van der Waals surface area (Å²) < 4.78 is 0. The van der Waals surface area contributed by atoms with Gasteiger partial charge in [-0.1, -0.05) is 72.4 Å². The number of amides is 2. The maximum absolute atomic E-state index is 13.2. The molecule has 4 rings (SSSR count). The summed E-state index contributed by atoms with van der Waals surface area (Å²) in [5.74, 6) is -0.0730. The zero-order valence-corrected chi connectivity index (χ0v) is 16.9. The second-order valence-corrected chi connectivity index (χ2v) is 8.30. The van der Waals surface area contributed by atoms with Crippen LogP contribution in [0.2, 0.25) is 10.0 Å². The zero-order chi connectivity index (χ0) is 19.7. The van der Waals surface area contributed by atoms with E-state index < -0.39 is 6.04 Å². The third kappa shape index (κ3) is 3.63. The molecule has 1 heterocycles. The normalized spacial score (nSPS) is 22.2. The van der Waals surface area contributed by atoms with Gasteiger partial charge in [0.05, 0.1) is 16.0 Å². The van der Waals surface area contributed by atoms with Crippen LogP contribution in [0.25, 0.3) is 0 Å². The topological polar surface area (TPSA) is 49.4 Å². The highest BCUT2D eigenvalue weighted by molar-refractivity contribution is 6.42. The molecule has 146 valence electrons. The van der Waals surface area contributed by atoms with Crippen LogP contribution in [0.15, 0.2) is 48.5 Å². The minimum Gasteiger partial charge on any atom is -0.350 e. The van der Waals surface area contributed by atoms with Crippen molar-refractivity contribution < 1.29 is 9.59 Å². The van der Waals surface area contributed by atoms with E-state index in [1.54, 1.807) is 23.1 Å². The second-order valence-electron chi connectivity index (χ2n) is 7.48. The van der Waals surface area contributed by atoms with Gasteiger partial charge in [-0.05, 0) is 36.1 Å². The van der Waals surface area contributed by atoms with E-state index in [-0.39, 0.29) is 23.8 Å². The summed E-state index contributed by atoms with van der Waals surface area (Å²) in [5, 5.41) is 3.80. The fourth-order valence-corrected chi connectivity index (χ4v) is 4.63. The van der Waals surface area contributed by atoms with Gasteiger partial charge in [0.25, 0.3) is 0 Å². The summed E-state index contributed by atoms with van der Waals surface area (Å²) in [4.78, 5) is 27.8. The van der Waals surface area contributed by atoms with Gasteiger partial charge in [0.1, 0.15) is 6.04 Å². The Kier molecular flexibility index (Phi) is 5.61. The van der Waals surface area contributed by atoms with Crippen LogP contribution < -0.4 is 5.32 Å². The van der Waals surface area contributed by atoms with E-state index in [2.05, 4.69) is 5.32 Å². The number of fused-ring (bicyclic) bond motifs is 1. The Labute approximate surface area is 174 Å². The summed E-state index contributed by atoms with van der Waals surface area (Å²) in [7, 11) is 0. The van der Waals surface area contributed by atoms with Gasteiger partial charge in [-0.25, -0.2) is 0 Å². The third-order valence-electron chi connectivity index (χ3n) is 5.75. The Bertz CT molecular complexity index is 887.